The first-order chi connectivity index (χ1) is 13.5. The van der Waals surface area contributed by atoms with E-state index in [9.17, 15) is 14.4 Å². The van der Waals surface area contributed by atoms with Gasteiger partial charge < -0.3 is 10.1 Å². The number of imide groups is 1. The number of hydrogen-bond acceptors (Lipinski definition) is 5. The molecule has 2 aromatic rings. The van der Waals surface area contributed by atoms with Gasteiger partial charge in [0, 0.05) is 12.2 Å². The van der Waals surface area contributed by atoms with Crippen LogP contribution in [0.2, 0.25) is 0 Å². The molecule has 0 aliphatic carbocycles. The molecule has 0 unspecified atom stereocenters. The zero-order valence-corrected chi connectivity index (χ0v) is 16.4. The number of carbonyl (C=O) groups excluding carboxylic acids is 3. The SMILES string of the molecule is CCN1C(=O)S/C(=C\c2ccc(OCC(=O)Nc3ccc(C)cc3)cc2)C1=O. The third-order valence-electron chi connectivity index (χ3n) is 4.07. The van der Waals surface area contributed by atoms with Crippen molar-refractivity contribution in [2.45, 2.75) is 13.8 Å². The number of nitrogens with one attached hydrogen (secondary N) is 1. The Hall–Kier alpha value is -3.06. The Kier molecular flexibility index (Phi) is 6.16. The van der Waals surface area contributed by atoms with Crippen molar-refractivity contribution in [3.8, 4) is 5.75 Å². The minimum Gasteiger partial charge on any atom is -0.484 e. The fourth-order valence-corrected chi connectivity index (χ4v) is 3.47. The number of nitrogens with zero attached hydrogens (tertiary/aromatic N) is 1. The molecular weight excluding hydrogens is 376 g/mol. The van der Waals surface area contributed by atoms with Crippen LogP contribution in [-0.2, 0) is 9.59 Å². The van der Waals surface area contributed by atoms with Crippen molar-refractivity contribution in [3.05, 3.63) is 64.6 Å². The molecule has 6 nitrogen and oxygen atoms in total. The van der Waals surface area contributed by atoms with Crippen LogP contribution in [0.3, 0.4) is 0 Å². The standard InChI is InChI=1S/C21H20N2O4S/c1-3-23-20(25)18(28-21(23)26)12-15-6-10-17(11-7-15)27-13-19(24)22-16-8-4-14(2)5-9-16/h4-12H,3,13H2,1-2H3,(H,22,24)/b18-12-. The van der Waals surface area contributed by atoms with Crippen LogP contribution in [0.25, 0.3) is 6.08 Å². The zero-order chi connectivity index (χ0) is 20.1. The lowest BCUT2D eigenvalue weighted by molar-refractivity contribution is -0.122. The molecule has 0 spiro atoms. The van der Waals surface area contributed by atoms with Gasteiger partial charge in [-0.2, -0.15) is 0 Å². The maximum absolute atomic E-state index is 12.1. The second kappa shape index (κ2) is 8.75. The Morgan fingerprint density at radius 1 is 1.11 bits per heavy atom. The van der Waals surface area contributed by atoms with Gasteiger partial charge in [0.25, 0.3) is 17.1 Å². The van der Waals surface area contributed by atoms with Crippen molar-refractivity contribution in [2.24, 2.45) is 0 Å². The van der Waals surface area contributed by atoms with E-state index in [0.717, 1.165) is 28.6 Å². The number of hydrogen-bond donors (Lipinski definition) is 1. The highest BCUT2D eigenvalue weighted by Crippen LogP contribution is 2.32. The smallest absolute Gasteiger partial charge is 0.293 e. The van der Waals surface area contributed by atoms with Gasteiger partial charge in [0.2, 0.25) is 0 Å². The molecule has 0 saturated carbocycles. The van der Waals surface area contributed by atoms with Crippen LogP contribution in [0, 0.1) is 6.92 Å². The Balaban J connectivity index is 1.55. The van der Waals surface area contributed by atoms with Gasteiger partial charge in [0.05, 0.1) is 4.91 Å². The molecular formula is C21H20N2O4S. The summed E-state index contributed by atoms with van der Waals surface area (Å²) in [7, 11) is 0. The molecule has 0 radical (unpaired) electrons. The van der Waals surface area contributed by atoms with Crippen LogP contribution < -0.4 is 10.1 Å². The summed E-state index contributed by atoms with van der Waals surface area (Å²) in [6, 6.07) is 14.5. The van der Waals surface area contributed by atoms with Gasteiger partial charge in [-0.15, -0.1) is 0 Å². The van der Waals surface area contributed by atoms with Crippen molar-refractivity contribution >= 4 is 40.6 Å². The van der Waals surface area contributed by atoms with Crippen LogP contribution in [0.1, 0.15) is 18.1 Å². The summed E-state index contributed by atoms with van der Waals surface area (Å²) in [5.41, 5.74) is 2.61. The molecule has 3 rings (SSSR count). The molecule has 1 saturated heterocycles. The number of anilines is 1. The van der Waals surface area contributed by atoms with Gasteiger partial charge >= 0.3 is 0 Å². The molecule has 0 atom stereocenters. The predicted molar refractivity (Wildman–Crippen MR) is 110 cm³/mol. The van der Waals surface area contributed by atoms with Gasteiger partial charge in [0.15, 0.2) is 6.61 Å². The minimum absolute atomic E-state index is 0.109. The predicted octanol–water partition coefficient (Wildman–Crippen LogP) is 4.07. The number of ether oxygens (including phenoxy) is 1. The number of rotatable bonds is 6. The summed E-state index contributed by atoms with van der Waals surface area (Å²) >= 11 is 0.936. The van der Waals surface area contributed by atoms with Gasteiger partial charge in [0.1, 0.15) is 5.75 Å². The Bertz CT molecular complexity index is 920. The molecule has 1 aliphatic rings. The van der Waals surface area contributed by atoms with E-state index in [1.165, 1.54) is 4.90 Å². The molecule has 7 heteroatoms. The van der Waals surface area contributed by atoms with Crippen LogP contribution in [-0.4, -0.2) is 35.1 Å². The monoisotopic (exact) mass is 396 g/mol. The lowest BCUT2D eigenvalue weighted by Crippen LogP contribution is -2.27. The third kappa shape index (κ3) is 4.80. The maximum Gasteiger partial charge on any atom is 0.293 e. The number of amides is 3. The summed E-state index contributed by atoms with van der Waals surface area (Å²) in [6.45, 7) is 4.00. The Labute approximate surface area is 167 Å². The van der Waals surface area contributed by atoms with E-state index < -0.39 is 0 Å². The molecule has 0 aromatic heterocycles. The average Bonchev–Trinajstić information content (AvgIpc) is 2.95. The third-order valence-corrected chi connectivity index (χ3v) is 4.98. The second-order valence-electron chi connectivity index (χ2n) is 6.20. The van der Waals surface area contributed by atoms with Crippen molar-refractivity contribution in [1.82, 2.24) is 4.90 Å². The number of carbonyl (C=O) groups is 3. The van der Waals surface area contributed by atoms with Crippen LogP contribution in [0.4, 0.5) is 10.5 Å². The van der Waals surface area contributed by atoms with E-state index >= 15 is 0 Å². The van der Waals surface area contributed by atoms with Crippen LogP contribution >= 0.6 is 11.8 Å². The first-order valence-electron chi connectivity index (χ1n) is 8.81. The van der Waals surface area contributed by atoms with Crippen molar-refractivity contribution < 1.29 is 19.1 Å². The largest absolute Gasteiger partial charge is 0.484 e. The summed E-state index contributed by atoms with van der Waals surface area (Å²) in [5.74, 6) is 0.0182. The molecule has 1 N–H and O–H groups in total. The Morgan fingerprint density at radius 2 is 1.79 bits per heavy atom. The highest BCUT2D eigenvalue weighted by Gasteiger charge is 2.33. The summed E-state index contributed by atoms with van der Waals surface area (Å²) in [5, 5.41) is 2.52. The topological polar surface area (TPSA) is 75.7 Å². The normalized spacial score (nSPS) is 15.2. The molecule has 28 heavy (non-hydrogen) atoms. The summed E-state index contributed by atoms with van der Waals surface area (Å²) in [4.78, 5) is 37.4. The quantitative estimate of drug-likeness (QED) is 0.745. The van der Waals surface area contributed by atoms with Gasteiger partial charge in [-0.3, -0.25) is 19.3 Å². The van der Waals surface area contributed by atoms with Gasteiger partial charge in [-0.1, -0.05) is 29.8 Å². The first-order valence-corrected chi connectivity index (χ1v) is 9.62. The van der Waals surface area contributed by atoms with E-state index in [1.807, 2.05) is 31.2 Å². The maximum atomic E-state index is 12.1. The number of thioether (sulfide) groups is 1. The highest BCUT2D eigenvalue weighted by molar-refractivity contribution is 8.18. The lowest BCUT2D eigenvalue weighted by Gasteiger charge is -2.08. The average molecular weight is 396 g/mol. The molecule has 144 valence electrons. The number of benzene rings is 2. The van der Waals surface area contributed by atoms with E-state index in [4.69, 9.17) is 4.74 Å². The first kappa shape index (κ1) is 19.7. The molecule has 1 fully saturated rings. The molecule has 1 aliphatic heterocycles. The van der Waals surface area contributed by atoms with Crippen molar-refractivity contribution in [3.63, 3.8) is 0 Å². The molecule has 0 bridgehead atoms. The second-order valence-corrected chi connectivity index (χ2v) is 7.19. The summed E-state index contributed by atoms with van der Waals surface area (Å²) in [6.07, 6.45) is 1.68. The van der Waals surface area contributed by atoms with E-state index in [1.54, 1.807) is 37.3 Å². The van der Waals surface area contributed by atoms with E-state index in [0.29, 0.717) is 17.2 Å². The van der Waals surface area contributed by atoms with Gasteiger partial charge in [-0.25, -0.2) is 0 Å². The molecule has 1 heterocycles. The minimum atomic E-state index is -0.273. The summed E-state index contributed by atoms with van der Waals surface area (Å²) < 4.78 is 5.49. The zero-order valence-electron chi connectivity index (χ0n) is 15.6. The van der Waals surface area contributed by atoms with Crippen LogP contribution in [0.15, 0.2) is 53.4 Å². The van der Waals surface area contributed by atoms with Crippen molar-refractivity contribution in [2.75, 3.05) is 18.5 Å². The van der Waals surface area contributed by atoms with Gasteiger partial charge in [-0.05, 0) is 61.5 Å². The van der Waals surface area contributed by atoms with E-state index in [2.05, 4.69) is 5.32 Å². The lowest BCUT2D eigenvalue weighted by atomic mass is 10.2. The fraction of sp³-hybridized carbons (Fsp3) is 0.190. The molecule has 2 aromatic carbocycles. The number of aryl methyl sites for hydroxylation is 1. The highest BCUT2D eigenvalue weighted by atomic mass is 32.2. The Morgan fingerprint density at radius 3 is 2.39 bits per heavy atom. The van der Waals surface area contributed by atoms with E-state index in [-0.39, 0.29) is 23.7 Å². The number of likely N-dealkylation sites (N-methyl/N-ethyl adjacent to an activating group) is 1. The fourth-order valence-electron chi connectivity index (χ4n) is 2.57. The van der Waals surface area contributed by atoms with Crippen molar-refractivity contribution in [1.29, 1.82) is 0 Å². The van der Waals surface area contributed by atoms with Crippen LogP contribution in [0.5, 0.6) is 5.75 Å². The molecule has 3 amide bonds.